The zero-order chi connectivity index (χ0) is 24.9. The van der Waals surface area contributed by atoms with Crippen molar-refractivity contribution in [3.63, 3.8) is 0 Å². The van der Waals surface area contributed by atoms with Crippen LogP contribution in [-0.2, 0) is 17.8 Å². The van der Waals surface area contributed by atoms with Crippen LogP contribution in [0.25, 0.3) is 11.6 Å². The highest BCUT2D eigenvalue weighted by Crippen LogP contribution is 2.40. The lowest BCUT2D eigenvalue weighted by molar-refractivity contribution is 0.275. The van der Waals surface area contributed by atoms with Gasteiger partial charge in [0, 0.05) is 38.6 Å². The van der Waals surface area contributed by atoms with Crippen molar-refractivity contribution in [3.8, 4) is 5.75 Å². The molecule has 1 saturated heterocycles. The van der Waals surface area contributed by atoms with Crippen LogP contribution in [0.2, 0.25) is 10.0 Å². The lowest BCUT2D eigenvalue weighted by Crippen LogP contribution is -2.25. The number of thiophene rings is 1. The van der Waals surface area contributed by atoms with Gasteiger partial charge in [-0.1, -0.05) is 89.0 Å². The predicted molar refractivity (Wildman–Crippen MR) is 147 cm³/mol. The summed E-state index contributed by atoms with van der Waals surface area (Å²) in [6.45, 7) is 0.410. The number of benzene rings is 3. The molecular formula is C29H21Cl2NO3S. The lowest BCUT2D eigenvalue weighted by Gasteiger charge is -2.28. The van der Waals surface area contributed by atoms with Crippen molar-refractivity contribution in [2.75, 3.05) is 0 Å². The first-order valence-electron chi connectivity index (χ1n) is 11.2. The Morgan fingerprint density at radius 2 is 1.78 bits per heavy atom. The zero-order valence-corrected chi connectivity index (χ0v) is 21.4. The summed E-state index contributed by atoms with van der Waals surface area (Å²) in [7, 11) is 0. The first-order valence-corrected chi connectivity index (χ1v) is 12.8. The Bertz CT molecular complexity index is 1460. The van der Waals surface area contributed by atoms with E-state index in [-0.39, 0.29) is 0 Å². The molecule has 0 amide bonds. The normalized spacial score (nSPS) is 16.5. The first-order chi connectivity index (χ1) is 17.6. The number of halogens is 2. The topological polar surface area (TPSA) is 51.1 Å². The Balaban J connectivity index is 1.56. The fourth-order valence-electron chi connectivity index (χ4n) is 3.90. The molecule has 0 bridgehead atoms. The van der Waals surface area contributed by atoms with Gasteiger partial charge in [-0.2, -0.15) is 0 Å². The van der Waals surface area contributed by atoms with E-state index in [1.807, 2.05) is 84.3 Å². The van der Waals surface area contributed by atoms with Gasteiger partial charge in [0.15, 0.2) is 17.2 Å². The van der Waals surface area contributed by atoms with E-state index in [9.17, 15) is 5.21 Å². The SMILES string of the molecule is O/N=C1C(=C\c2cccs2)\OC\1=C(\Cc1ccc(Cl)cc1Cl)c1ccccc1OCc1ccccc1. The largest absolute Gasteiger partial charge is 0.488 e. The maximum atomic E-state index is 9.89. The number of rotatable bonds is 7. The summed E-state index contributed by atoms with van der Waals surface area (Å²) < 4.78 is 12.3. The molecular weight excluding hydrogens is 513 g/mol. The van der Waals surface area contributed by atoms with Crippen LogP contribution >= 0.6 is 34.5 Å². The standard InChI is InChI=1S/C29H21Cl2NO3S/c30-21-13-12-20(25(31)16-21)15-24(29-28(32-33)27(35-29)17-22-9-6-14-36-22)23-10-4-5-11-26(23)34-18-19-7-2-1-3-8-19/h1-14,16-17,33H,15,18H2/b27-17-,29-24-,32-28+. The minimum Gasteiger partial charge on any atom is -0.488 e. The van der Waals surface area contributed by atoms with Crippen molar-refractivity contribution < 1.29 is 14.7 Å². The molecule has 2 heterocycles. The van der Waals surface area contributed by atoms with Crippen LogP contribution in [0, 0.1) is 0 Å². The Kier molecular flexibility index (Phi) is 7.42. The van der Waals surface area contributed by atoms with E-state index >= 15 is 0 Å². The van der Waals surface area contributed by atoms with Crippen LogP contribution in [0.15, 0.2) is 107 Å². The molecule has 0 radical (unpaired) electrons. The van der Waals surface area contributed by atoms with Gasteiger partial charge in [0.25, 0.3) is 0 Å². The number of hydrogen-bond donors (Lipinski definition) is 1. The monoisotopic (exact) mass is 533 g/mol. The van der Waals surface area contributed by atoms with Gasteiger partial charge >= 0.3 is 0 Å². The molecule has 0 atom stereocenters. The highest BCUT2D eigenvalue weighted by atomic mass is 35.5. The Labute approximate surface area is 223 Å². The minimum absolute atomic E-state index is 0.376. The third-order valence-electron chi connectivity index (χ3n) is 5.68. The van der Waals surface area contributed by atoms with Gasteiger partial charge in [-0.15, -0.1) is 11.3 Å². The average Bonchev–Trinajstić information content (AvgIpc) is 3.40. The molecule has 0 saturated carbocycles. The fourth-order valence-corrected chi connectivity index (χ4v) is 5.02. The highest BCUT2D eigenvalue weighted by molar-refractivity contribution is 7.10. The van der Waals surface area contributed by atoms with Crippen LogP contribution in [-0.4, -0.2) is 10.9 Å². The molecule has 7 heteroatoms. The van der Waals surface area contributed by atoms with Gasteiger partial charge < -0.3 is 14.7 Å². The molecule has 180 valence electrons. The van der Waals surface area contributed by atoms with Crippen molar-refractivity contribution in [2.24, 2.45) is 5.16 Å². The molecule has 36 heavy (non-hydrogen) atoms. The Morgan fingerprint density at radius 3 is 2.53 bits per heavy atom. The second-order valence-electron chi connectivity index (χ2n) is 8.07. The summed E-state index contributed by atoms with van der Waals surface area (Å²) >= 11 is 14.2. The summed E-state index contributed by atoms with van der Waals surface area (Å²) in [6.07, 6.45) is 2.27. The van der Waals surface area contributed by atoms with Crippen LogP contribution in [0.5, 0.6) is 5.75 Å². The van der Waals surface area contributed by atoms with Crippen LogP contribution in [0.1, 0.15) is 21.6 Å². The average molecular weight is 534 g/mol. The van der Waals surface area contributed by atoms with E-state index in [0.29, 0.717) is 46.1 Å². The molecule has 1 aromatic heterocycles. The van der Waals surface area contributed by atoms with Crippen molar-refractivity contribution in [2.45, 2.75) is 13.0 Å². The van der Waals surface area contributed by atoms with Gasteiger partial charge in [0.2, 0.25) is 0 Å². The molecule has 0 aliphatic carbocycles. The number of allylic oxidation sites excluding steroid dienone is 1. The second kappa shape index (κ2) is 11.0. The van der Waals surface area contributed by atoms with Gasteiger partial charge in [-0.3, -0.25) is 0 Å². The van der Waals surface area contributed by atoms with Gasteiger partial charge in [0.05, 0.1) is 0 Å². The molecule has 3 aromatic carbocycles. The number of oxime groups is 1. The summed E-state index contributed by atoms with van der Waals surface area (Å²) in [5, 5.41) is 16.5. The van der Waals surface area contributed by atoms with Crippen molar-refractivity contribution in [1.29, 1.82) is 0 Å². The zero-order valence-electron chi connectivity index (χ0n) is 19.0. The second-order valence-corrected chi connectivity index (χ2v) is 9.89. The molecule has 1 aliphatic rings. The molecule has 1 fully saturated rings. The first kappa shape index (κ1) is 24.2. The maximum absolute atomic E-state index is 9.89. The Hall–Kier alpha value is -3.51. The third kappa shape index (κ3) is 5.34. The minimum atomic E-state index is 0.376. The van der Waals surface area contributed by atoms with Crippen LogP contribution < -0.4 is 4.74 Å². The molecule has 0 spiro atoms. The van der Waals surface area contributed by atoms with Crippen molar-refractivity contribution >= 4 is 51.9 Å². The van der Waals surface area contributed by atoms with E-state index in [4.69, 9.17) is 32.7 Å². The van der Waals surface area contributed by atoms with E-state index in [1.165, 1.54) is 0 Å². The summed E-state index contributed by atoms with van der Waals surface area (Å²) in [6, 6.07) is 27.0. The van der Waals surface area contributed by atoms with Gasteiger partial charge in [-0.05, 0) is 40.8 Å². The molecule has 4 nitrogen and oxygen atoms in total. The van der Waals surface area contributed by atoms with Gasteiger partial charge in [0.1, 0.15) is 12.4 Å². The smallest absolute Gasteiger partial charge is 0.188 e. The molecule has 1 aliphatic heterocycles. The van der Waals surface area contributed by atoms with Crippen molar-refractivity contribution in [1.82, 2.24) is 0 Å². The predicted octanol–water partition coefficient (Wildman–Crippen LogP) is 8.49. The lowest BCUT2D eigenvalue weighted by atomic mass is 9.92. The van der Waals surface area contributed by atoms with E-state index in [2.05, 4.69) is 5.16 Å². The van der Waals surface area contributed by atoms with Gasteiger partial charge in [-0.25, -0.2) is 0 Å². The number of hydrogen-bond acceptors (Lipinski definition) is 5. The number of nitrogens with zero attached hydrogens (tertiary/aromatic N) is 1. The van der Waals surface area contributed by atoms with E-state index in [0.717, 1.165) is 27.1 Å². The highest BCUT2D eigenvalue weighted by Gasteiger charge is 2.34. The Morgan fingerprint density at radius 1 is 0.972 bits per heavy atom. The van der Waals surface area contributed by atoms with E-state index < -0.39 is 0 Å². The summed E-state index contributed by atoms with van der Waals surface area (Å²) in [5.74, 6) is 1.66. The quantitative estimate of drug-likeness (QED) is 0.191. The third-order valence-corrected chi connectivity index (χ3v) is 7.09. The van der Waals surface area contributed by atoms with Crippen molar-refractivity contribution in [3.05, 3.63) is 133 Å². The number of ether oxygens (including phenoxy) is 2. The molecule has 1 N–H and O–H groups in total. The number of para-hydroxylation sites is 1. The molecule has 4 aromatic rings. The van der Waals surface area contributed by atoms with Crippen LogP contribution in [0.4, 0.5) is 0 Å². The fraction of sp³-hybridized carbons (Fsp3) is 0.0690. The van der Waals surface area contributed by atoms with E-state index in [1.54, 1.807) is 23.5 Å². The summed E-state index contributed by atoms with van der Waals surface area (Å²) in [4.78, 5) is 0.999. The summed E-state index contributed by atoms with van der Waals surface area (Å²) in [5.41, 5.74) is 3.91. The molecule has 0 unspecified atom stereocenters. The maximum Gasteiger partial charge on any atom is 0.188 e. The van der Waals surface area contributed by atoms with Crippen LogP contribution in [0.3, 0.4) is 0 Å². The molecule has 5 rings (SSSR count).